The van der Waals surface area contributed by atoms with Crippen LogP contribution in [0.3, 0.4) is 0 Å². The van der Waals surface area contributed by atoms with Gasteiger partial charge in [-0.3, -0.25) is 20.2 Å². The summed E-state index contributed by atoms with van der Waals surface area (Å²) in [5.41, 5.74) is 3.98. The lowest BCUT2D eigenvalue weighted by atomic mass is 10.2. The van der Waals surface area contributed by atoms with Gasteiger partial charge < -0.3 is 5.73 Å². The Morgan fingerprint density at radius 2 is 1.79 bits per heavy atom. The van der Waals surface area contributed by atoms with Crippen LogP contribution in [0.1, 0.15) is 5.56 Å². The van der Waals surface area contributed by atoms with E-state index in [0.717, 1.165) is 18.2 Å². The molecule has 0 aliphatic rings. The van der Waals surface area contributed by atoms with E-state index < -0.39 is 36.8 Å². The summed E-state index contributed by atoms with van der Waals surface area (Å²) in [5, 5.41) is 21.3. The third kappa shape index (κ3) is 3.96. The summed E-state index contributed by atoms with van der Waals surface area (Å²) >= 11 is 0. The predicted molar refractivity (Wildman–Crippen MR) is 66.3 cm³/mol. The fourth-order valence-corrected chi connectivity index (χ4v) is 2.67. The number of rotatable bonds is 6. The van der Waals surface area contributed by atoms with Crippen molar-refractivity contribution in [2.45, 2.75) is 5.75 Å². The smallest absolute Gasteiger partial charge is 0.280 e. The number of nitro benzene ring substituents is 2. The molecule has 1 aromatic rings. The first-order chi connectivity index (χ1) is 8.76. The van der Waals surface area contributed by atoms with Gasteiger partial charge in [0, 0.05) is 18.2 Å². The second-order valence-corrected chi connectivity index (χ2v) is 5.89. The van der Waals surface area contributed by atoms with Crippen molar-refractivity contribution in [3.05, 3.63) is 44.0 Å². The van der Waals surface area contributed by atoms with Crippen molar-refractivity contribution in [3.8, 4) is 0 Å². The van der Waals surface area contributed by atoms with Crippen molar-refractivity contribution >= 4 is 21.2 Å². The maximum absolute atomic E-state index is 11.6. The third-order valence-corrected chi connectivity index (χ3v) is 3.89. The molecule has 1 rings (SSSR count). The lowest BCUT2D eigenvalue weighted by Gasteiger charge is -2.04. The number of nitrogens with two attached hydrogens (primary N) is 1. The van der Waals surface area contributed by atoms with Gasteiger partial charge in [0.2, 0.25) is 0 Å². The van der Waals surface area contributed by atoms with Crippen LogP contribution < -0.4 is 5.73 Å². The molecule has 19 heavy (non-hydrogen) atoms. The normalized spacial score (nSPS) is 11.2. The molecule has 1 aromatic carbocycles. The summed E-state index contributed by atoms with van der Waals surface area (Å²) < 4.78 is 23.1. The molecule has 0 saturated heterocycles. The van der Waals surface area contributed by atoms with Crippen LogP contribution in [0.15, 0.2) is 18.2 Å². The number of hydrogen-bond donors (Lipinski definition) is 1. The Bertz CT molecular complexity index is 612. The Hall–Kier alpha value is -2.07. The van der Waals surface area contributed by atoms with Gasteiger partial charge in [-0.15, -0.1) is 0 Å². The molecule has 0 bridgehead atoms. The molecule has 0 unspecified atom stereocenters. The third-order valence-electron chi connectivity index (χ3n) is 2.28. The largest absolute Gasteiger partial charge is 0.329 e. The van der Waals surface area contributed by atoms with Crippen LogP contribution in [-0.2, 0) is 15.6 Å². The van der Waals surface area contributed by atoms with Crippen LogP contribution in [-0.4, -0.2) is 30.6 Å². The molecular formula is C9H11N3O6S. The van der Waals surface area contributed by atoms with Gasteiger partial charge in [-0.1, -0.05) is 0 Å². The minimum Gasteiger partial charge on any atom is -0.329 e. The second kappa shape index (κ2) is 5.71. The van der Waals surface area contributed by atoms with Gasteiger partial charge in [-0.05, 0) is 6.07 Å². The topological polar surface area (TPSA) is 146 Å². The Morgan fingerprint density at radius 1 is 1.16 bits per heavy atom. The molecule has 0 fully saturated rings. The van der Waals surface area contributed by atoms with E-state index in [4.69, 9.17) is 5.73 Å². The summed E-state index contributed by atoms with van der Waals surface area (Å²) in [6.45, 7) is -0.0941. The molecule has 0 heterocycles. The van der Waals surface area contributed by atoms with Crippen molar-refractivity contribution in [1.82, 2.24) is 0 Å². The summed E-state index contributed by atoms with van der Waals surface area (Å²) in [6.07, 6.45) is 0. The van der Waals surface area contributed by atoms with Crippen LogP contribution in [0.25, 0.3) is 0 Å². The SMILES string of the molecule is NCCS(=O)(=O)Cc1ccc([N+](=O)[O-])cc1[N+](=O)[O-]. The average molecular weight is 289 g/mol. The molecule has 9 nitrogen and oxygen atoms in total. The van der Waals surface area contributed by atoms with Crippen molar-refractivity contribution in [2.24, 2.45) is 5.73 Å². The van der Waals surface area contributed by atoms with Crippen molar-refractivity contribution in [1.29, 1.82) is 0 Å². The number of nitro groups is 2. The zero-order valence-electron chi connectivity index (χ0n) is 9.68. The van der Waals surface area contributed by atoms with Gasteiger partial charge in [0.15, 0.2) is 9.84 Å². The number of sulfone groups is 1. The van der Waals surface area contributed by atoms with E-state index in [-0.39, 0.29) is 17.9 Å². The predicted octanol–water partition coefficient (Wildman–Crippen LogP) is 0.377. The maximum Gasteiger partial charge on any atom is 0.280 e. The molecule has 0 amide bonds. The highest BCUT2D eigenvalue weighted by Crippen LogP contribution is 2.26. The number of benzene rings is 1. The van der Waals surface area contributed by atoms with Crippen LogP contribution in [0.4, 0.5) is 11.4 Å². The van der Waals surface area contributed by atoms with E-state index in [2.05, 4.69) is 0 Å². The highest BCUT2D eigenvalue weighted by Gasteiger charge is 2.23. The molecule has 0 saturated carbocycles. The Labute approximate surface area is 108 Å². The quantitative estimate of drug-likeness (QED) is 0.587. The summed E-state index contributed by atoms with van der Waals surface area (Å²) in [7, 11) is -3.57. The average Bonchev–Trinajstić information content (AvgIpc) is 2.27. The first-order valence-corrected chi connectivity index (χ1v) is 6.91. The van der Waals surface area contributed by atoms with Gasteiger partial charge in [0.25, 0.3) is 11.4 Å². The minimum atomic E-state index is -3.57. The highest BCUT2D eigenvalue weighted by atomic mass is 32.2. The van der Waals surface area contributed by atoms with E-state index >= 15 is 0 Å². The highest BCUT2D eigenvalue weighted by molar-refractivity contribution is 7.90. The van der Waals surface area contributed by atoms with E-state index in [1.165, 1.54) is 0 Å². The Balaban J connectivity index is 3.21. The van der Waals surface area contributed by atoms with Gasteiger partial charge >= 0.3 is 0 Å². The molecule has 0 aromatic heterocycles. The molecule has 0 atom stereocenters. The van der Waals surface area contributed by atoms with Crippen LogP contribution >= 0.6 is 0 Å². The molecule has 0 radical (unpaired) electrons. The molecule has 2 N–H and O–H groups in total. The first-order valence-electron chi connectivity index (χ1n) is 5.09. The minimum absolute atomic E-state index is 0.0935. The maximum atomic E-state index is 11.6. The van der Waals surface area contributed by atoms with Gasteiger partial charge in [-0.25, -0.2) is 8.42 Å². The van der Waals surface area contributed by atoms with Crippen LogP contribution in [0.5, 0.6) is 0 Å². The summed E-state index contributed by atoms with van der Waals surface area (Å²) in [4.78, 5) is 19.7. The second-order valence-electron chi connectivity index (χ2n) is 3.71. The zero-order valence-corrected chi connectivity index (χ0v) is 10.5. The molecular weight excluding hydrogens is 278 g/mol. The Morgan fingerprint density at radius 3 is 2.26 bits per heavy atom. The van der Waals surface area contributed by atoms with Gasteiger partial charge in [-0.2, -0.15) is 0 Å². The summed E-state index contributed by atoms with van der Waals surface area (Å²) in [6, 6.07) is 2.85. The standard InChI is InChI=1S/C9H11N3O6S/c10-3-4-19(17,18)6-7-1-2-8(11(13)14)5-9(7)12(15)16/h1-2,5H,3-4,6,10H2. The monoisotopic (exact) mass is 289 g/mol. The molecule has 10 heteroatoms. The molecule has 0 aliphatic heterocycles. The van der Waals surface area contributed by atoms with Gasteiger partial charge in [0.05, 0.1) is 27.4 Å². The van der Waals surface area contributed by atoms with Crippen LogP contribution in [0, 0.1) is 20.2 Å². The molecule has 0 spiro atoms. The number of non-ortho nitro benzene ring substituents is 1. The Kier molecular flexibility index (Phi) is 4.51. The zero-order chi connectivity index (χ0) is 14.6. The van der Waals surface area contributed by atoms with Crippen molar-refractivity contribution in [2.75, 3.05) is 12.3 Å². The van der Waals surface area contributed by atoms with E-state index in [9.17, 15) is 28.6 Å². The summed E-state index contributed by atoms with van der Waals surface area (Å²) in [5.74, 6) is -0.875. The fraction of sp³-hybridized carbons (Fsp3) is 0.333. The van der Waals surface area contributed by atoms with Crippen molar-refractivity contribution in [3.63, 3.8) is 0 Å². The van der Waals surface area contributed by atoms with E-state index in [1.807, 2.05) is 0 Å². The number of nitrogens with zero attached hydrogens (tertiary/aromatic N) is 2. The van der Waals surface area contributed by atoms with Crippen LogP contribution in [0.2, 0.25) is 0 Å². The van der Waals surface area contributed by atoms with Gasteiger partial charge in [0.1, 0.15) is 0 Å². The van der Waals surface area contributed by atoms with E-state index in [0.29, 0.717) is 0 Å². The lowest BCUT2D eigenvalue weighted by Crippen LogP contribution is -2.17. The number of hydrogen-bond acceptors (Lipinski definition) is 7. The fourth-order valence-electron chi connectivity index (χ4n) is 1.45. The molecule has 104 valence electrons. The van der Waals surface area contributed by atoms with Crippen molar-refractivity contribution < 1.29 is 18.3 Å². The van der Waals surface area contributed by atoms with E-state index in [1.54, 1.807) is 0 Å². The molecule has 0 aliphatic carbocycles. The lowest BCUT2D eigenvalue weighted by molar-refractivity contribution is -0.394. The first kappa shape index (κ1) is 15.0.